The second-order valence-electron chi connectivity index (χ2n) is 6.24. The maximum absolute atomic E-state index is 13.0. The fourth-order valence-corrected chi connectivity index (χ4v) is 5.64. The summed E-state index contributed by atoms with van der Waals surface area (Å²) in [5.74, 6) is 0.0774. The molecule has 0 aromatic heterocycles. The van der Waals surface area contributed by atoms with Gasteiger partial charge in [0.1, 0.15) is 6.29 Å². The molecule has 0 radical (unpaired) electrons. The lowest BCUT2D eigenvalue weighted by Crippen LogP contribution is -2.41. The van der Waals surface area contributed by atoms with Crippen molar-refractivity contribution in [3.05, 3.63) is 24.3 Å². The van der Waals surface area contributed by atoms with Gasteiger partial charge in [0.2, 0.25) is 15.9 Å². The van der Waals surface area contributed by atoms with E-state index in [1.807, 2.05) is 0 Å². The highest BCUT2D eigenvalue weighted by Gasteiger charge is 2.49. The number of aldehydes is 1. The lowest BCUT2D eigenvalue weighted by Gasteiger charge is -2.26. The SMILES string of the molecule is CC(=O)Nc1ccc(S(=O)(=O)N2[C@@H]3CCC[C@@H]3C[C@@H]2C=O)cc1. The molecule has 1 aliphatic carbocycles. The molecule has 2 aliphatic rings. The van der Waals surface area contributed by atoms with Crippen molar-refractivity contribution in [2.45, 2.75) is 49.6 Å². The third-order valence-corrected chi connectivity index (χ3v) is 6.69. The minimum absolute atomic E-state index is 0.0646. The molecule has 23 heavy (non-hydrogen) atoms. The van der Waals surface area contributed by atoms with E-state index >= 15 is 0 Å². The van der Waals surface area contributed by atoms with Gasteiger partial charge in [0.15, 0.2) is 0 Å². The van der Waals surface area contributed by atoms with Gasteiger partial charge >= 0.3 is 0 Å². The van der Waals surface area contributed by atoms with E-state index in [0.29, 0.717) is 18.0 Å². The van der Waals surface area contributed by atoms with Crippen LogP contribution in [0.3, 0.4) is 0 Å². The van der Waals surface area contributed by atoms with Gasteiger partial charge in [-0.2, -0.15) is 4.31 Å². The van der Waals surface area contributed by atoms with E-state index in [0.717, 1.165) is 25.5 Å². The van der Waals surface area contributed by atoms with E-state index in [1.54, 1.807) is 12.1 Å². The predicted molar refractivity (Wildman–Crippen MR) is 85.4 cm³/mol. The van der Waals surface area contributed by atoms with Crippen LogP contribution in [0.25, 0.3) is 0 Å². The molecule has 3 rings (SSSR count). The molecule has 1 saturated carbocycles. The van der Waals surface area contributed by atoms with E-state index in [2.05, 4.69) is 5.32 Å². The molecule has 0 unspecified atom stereocenters. The van der Waals surface area contributed by atoms with Crippen LogP contribution in [0.2, 0.25) is 0 Å². The predicted octanol–water partition coefficient (Wildman–Crippen LogP) is 1.78. The lowest BCUT2D eigenvalue weighted by atomic mass is 10.0. The third kappa shape index (κ3) is 2.90. The van der Waals surface area contributed by atoms with Crippen LogP contribution in [0.5, 0.6) is 0 Å². The molecule has 0 bridgehead atoms. The highest BCUT2D eigenvalue weighted by atomic mass is 32.2. The summed E-state index contributed by atoms with van der Waals surface area (Å²) < 4.78 is 27.3. The summed E-state index contributed by atoms with van der Waals surface area (Å²) in [7, 11) is -3.71. The van der Waals surface area contributed by atoms with Gasteiger partial charge < -0.3 is 10.1 Å². The molecule has 1 amide bonds. The number of fused-ring (bicyclic) bond motifs is 1. The van der Waals surface area contributed by atoms with Gasteiger partial charge in [-0.25, -0.2) is 8.42 Å². The summed E-state index contributed by atoms with van der Waals surface area (Å²) in [4.78, 5) is 22.5. The molecule has 1 heterocycles. The van der Waals surface area contributed by atoms with E-state index in [-0.39, 0.29) is 16.8 Å². The third-order valence-electron chi connectivity index (χ3n) is 4.72. The van der Waals surface area contributed by atoms with Gasteiger partial charge in [0, 0.05) is 18.7 Å². The van der Waals surface area contributed by atoms with Gasteiger partial charge in [-0.15, -0.1) is 0 Å². The molecule has 1 aliphatic heterocycles. The Bertz CT molecular complexity index is 714. The molecule has 1 aromatic rings. The van der Waals surface area contributed by atoms with Crippen molar-refractivity contribution in [1.82, 2.24) is 4.31 Å². The Balaban J connectivity index is 1.90. The standard InChI is InChI=1S/C16H20N2O4S/c1-11(20)17-13-5-7-15(8-6-13)23(21,22)18-14(10-19)9-12-3-2-4-16(12)18/h5-8,10,12,14,16H,2-4,9H2,1H3,(H,17,20)/t12-,14-,16-/m1/s1. The zero-order valence-electron chi connectivity index (χ0n) is 12.9. The number of rotatable bonds is 4. The molecule has 2 fully saturated rings. The number of benzene rings is 1. The van der Waals surface area contributed by atoms with Crippen molar-refractivity contribution >= 4 is 27.9 Å². The Labute approximate surface area is 135 Å². The maximum atomic E-state index is 13.0. The first-order chi connectivity index (χ1) is 10.9. The quantitative estimate of drug-likeness (QED) is 0.850. The Morgan fingerprint density at radius 2 is 1.96 bits per heavy atom. The largest absolute Gasteiger partial charge is 0.326 e. The minimum Gasteiger partial charge on any atom is -0.326 e. The lowest BCUT2D eigenvalue weighted by molar-refractivity contribution is -0.114. The number of hydrogen-bond donors (Lipinski definition) is 1. The van der Waals surface area contributed by atoms with E-state index in [9.17, 15) is 18.0 Å². The van der Waals surface area contributed by atoms with Crippen molar-refractivity contribution in [2.24, 2.45) is 5.92 Å². The van der Waals surface area contributed by atoms with E-state index in [4.69, 9.17) is 0 Å². The average Bonchev–Trinajstić information content (AvgIpc) is 3.06. The molecular weight excluding hydrogens is 316 g/mol. The smallest absolute Gasteiger partial charge is 0.243 e. The molecule has 1 aromatic carbocycles. The summed E-state index contributed by atoms with van der Waals surface area (Å²) in [6.45, 7) is 1.39. The van der Waals surface area contributed by atoms with Crippen molar-refractivity contribution in [3.63, 3.8) is 0 Å². The molecule has 1 saturated heterocycles. The van der Waals surface area contributed by atoms with Crippen LogP contribution < -0.4 is 5.32 Å². The number of amides is 1. The number of carbonyl (C=O) groups is 2. The van der Waals surface area contributed by atoms with Crippen molar-refractivity contribution in [1.29, 1.82) is 0 Å². The fourth-order valence-electron chi connectivity index (χ4n) is 3.79. The molecule has 6 nitrogen and oxygen atoms in total. The minimum atomic E-state index is -3.71. The fraction of sp³-hybridized carbons (Fsp3) is 0.500. The zero-order valence-corrected chi connectivity index (χ0v) is 13.8. The summed E-state index contributed by atoms with van der Waals surface area (Å²) in [5.41, 5.74) is 0.545. The molecule has 1 N–H and O–H groups in total. The van der Waals surface area contributed by atoms with Gasteiger partial charge in [0.25, 0.3) is 0 Å². The number of anilines is 1. The van der Waals surface area contributed by atoms with Crippen LogP contribution in [0.15, 0.2) is 29.2 Å². The van der Waals surface area contributed by atoms with Crippen LogP contribution in [-0.2, 0) is 19.6 Å². The molecule has 0 spiro atoms. The first kappa shape index (κ1) is 16.1. The van der Waals surface area contributed by atoms with Crippen LogP contribution in [0.4, 0.5) is 5.69 Å². The second kappa shape index (κ2) is 6.05. The van der Waals surface area contributed by atoms with Crippen molar-refractivity contribution < 1.29 is 18.0 Å². The van der Waals surface area contributed by atoms with Gasteiger partial charge in [0.05, 0.1) is 10.9 Å². The van der Waals surface area contributed by atoms with Gasteiger partial charge in [-0.3, -0.25) is 4.79 Å². The molecule has 7 heteroatoms. The van der Waals surface area contributed by atoms with Crippen molar-refractivity contribution in [2.75, 3.05) is 5.32 Å². The van der Waals surface area contributed by atoms with Crippen LogP contribution in [0, 0.1) is 5.92 Å². The number of sulfonamides is 1. The normalized spacial score (nSPS) is 27.6. The van der Waals surface area contributed by atoms with Crippen molar-refractivity contribution in [3.8, 4) is 0 Å². The van der Waals surface area contributed by atoms with Gasteiger partial charge in [-0.1, -0.05) is 6.42 Å². The number of hydrogen-bond acceptors (Lipinski definition) is 4. The topological polar surface area (TPSA) is 83.6 Å². The molecule has 124 valence electrons. The van der Waals surface area contributed by atoms with Crippen LogP contribution >= 0.6 is 0 Å². The molecule has 3 atom stereocenters. The Kier molecular flexibility index (Phi) is 4.25. The highest BCUT2D eigenvalue weighted by Crippen LogP contribution is 2.43. The van der Waals surface area contributed by atoms with E-state index < -0.39 is 16.1 Å². The Morgan fingerprint density at radius 3 is 2.57 bits per heavy atom. The van der Waals surface area contributed by atoms with Crippen LogP contribution in [0.1, 0.15) is 32.6 Å². The monoisotopic (exact) mass is 336 g/mol. The second-order valence-corrected chi connectivity index (χ2v) is 8.08. The zero-order chi connectivity index (χ0) is 16.6. The average molecular weight is 336 g/mol. The number of carbonyl (C=O) groups excluding carboxylic acids is 2. The first-order valence-electron chi connectivity index (χ1n) is 7.80. The Hall–Kier alpha value is -1.73. The number of nitrogens with one attached hydrogen (secondary N) is 1. The molecular formula is C16H20N2O4S. The summed E-state index contributed by atoms with van der Waals surface area (Å²) in [6, 6.07) is 5.45. The van der Waals surface area contributed by atoms with E-state index in [1.165, 1.54) is 23.4 Å². The summed E-state index contributed by atoms with van der Waals surface area (Å²) in [6.07, 6.45) is 4.19. The number of nitrogens with zero attached hydrogens (tertiary/aromatic N) is 1. The Morgan fingerprint density at radius 1 is 1.26 bits per heavy atom. The highest BCUT2D eigenvalue weighted by molar-refractivity contribution is 7.89. The summed E-state index contributed by atoms with van der Waals surface area (Å²) in [5, 5.41) is 2.61. The summed E-state index contributed by atoms with van der Waals surface area (Å²) >= 11 is 0. The maximum Gasteiger partial charge on any atom is 0.243 e. The first-order valence-corrected chi connectivity index (χ1v) is 9.24. The van der Waals surface area contributed by atoms with Gasteiger partial charge in [-0.05, 0) is 49.4 Å². The van der Waals surface area contributed by atoms with Crippen LogP contribution in [-0.4, -0.2) is 37.0 Å².